The van der Waals surface area contributed by atoms with Gasteiger partial charge in [0.15, 0.2) is 0 Å². The Morgan fingerprint density at radius 1 is 1.73 bits per heavy atom. The molecular formula is C6H6BrClN2O. The molecule has 0 unspecified atom stereocenters. The lowest BCUT2D eigenvalue weighted by Crippen LogP contribution is -1.95. The van der Waals surface area contributed by atoms with Crippen LogP contribution >= 0.6 is 27.5 Å². The van der Waals surface area contributed by atoms with Crippen molar-refractivity contribution in [3.05, 3.63) is 21.4 Å². The highest BCUT2D eigenvalue weighted by molar-refractivity contribution is 9.10. The second kappa shape index (κ2) is 3.38. The molecule has 0 saturated heterocycles. The molecule has 0 spiro atoms. The monoisotopic (exact) mass is 236 g/mol. The molecule has 5 heteroatoms. The Morgan fingerprint density at radius 2 is 2.36 bits per heavy atom. The van der Waals surface area contributed by atoms with Crippen molar-refractivity contribution in [3.63, 3.8) is 0 Å². The number of hydrogen-bond donors (Lipinski definition) is 2. The van der Waals surface area contributed by atoms with E-state index < -0.39 is 0 Å². The quantitative estimate of drug-likeness (QED) is 0.583. The van der Waals surface area contributed by atoms with Gasteiger partial charge in [0.2, 0.25) is 0 Å². The first-order chi connectivity index (χ1) is 5.15. The molecule has 0 bridgehead atoms. The van der Waals surface area contributed by atoms with Crippen LogP contribution in [0.25, 0.3) is 0 Å². The molecule has 0 aliphatic rings. The van der Waals surface area contributed by atoms with E-state index in [4.69, 9.17) is 16.8 Å². The zero-order valence-corrected chi connectivity index (χ0v) is 8.07. The number of aromatic nitrogens is 1. The van der Waals surface area contributed by atoms with Crippen LogP contribution in [-0.4, -0.2) is 10.2 Å². The van der Waals surface area contributed by atoms with Crippen molar-refractivity contribution in [1.29, 1.82) is 0 Å². The summed E-state index contributed by atoms with van der Waals surface area (Å²) in [6, 6.07) is 1.66. The van der Waals surface area contributed by atoms with Gasteiger partial charge in [-0.1, -0.05) is 11.6 Å². The maximum Gasteiger partial charge on any atom is 0.143 e. The van der Waals surface area contributed by atoms with Crippen LogP contribution in [0.15, 0.2) is 10.5 Å². The fourth-order valence-corrected chi connectivity index (χ4v) is 1.16. The SMILES string of the molecule is Cc1nc(Cl)c(Br)cc1NO. The molecule has 0 atom stereocenters. The van der Waals surface area contributed by atoms with E-state index in [1.807, 2.05) is 5.48 Å². The summed E-state index contributed by atoms with van der Waals surface area (Å²) in [7, 11) is 0. The van der Waals surface area contributed by atoms with Gasteiger partial charge in [-0.25, -0.2) is 4.98 Å². The summed E-state index contributed by atoms with van der Waals surface area (Å²) in [5, 5.41) is 8.97. The molecular weight excluding hydrogens is 231 g/mol. The van der Waals surface area contributed by atoms with Crippen LogP contribution in [0.3, 0.4) is 0 Å². The van der Waals surface area contributed by atoms with Crippen LogP contribution in [0.1, 0.15) is 5.69 Å². The highest BCUT2D eigenvalue weighted by atomic mass is 79.9. The zero-order chi connectivity index (χ0) is 8.43. The van der Waals surface area contributed by atoms with Crippen LogP contribution in [-0.2, 0) is 0 Å². The van der Waals surface area contributed by atoms with Gasteiger partial charge in [0.05, 0.1) is 15.9 Å². The molecule has 1 rings (SSSR count). The number of nitrogens with zero attached hydrogens (tertiary/aromatic N) is 1. The molecule has 0 saturated carbocycles. The third-order valence-corrected chi connectivity index (χ3v) is 2.37. The first kappa shape index (κ1) is 8.77. The van der Waals surface area contributed by atoms with E-state index in [9.17, 15) is 0 Å². The lowest BCUT2D eigenvalue weighted by atomic mass is 10.3. The van der Waals surface area contributed by atoms with Crippen molar-refractivity contribution in [2.24, 2.45) is 0 Å². The second-order valence-corrected chi connectivity index (χ2v) is 3.22. The Kier molecular flexibility index (Phi) is 2.70. The lowest BCUT2D eigenvalue weighted by molar-refractivity contribution is 0.388. The van der Waals surface area contributed by atoms with Gasteiger partial charge in [0.1, 0.15) is 5.15 Å². The first-order valence-corrected chi connectivity index (χ1v) is 4.05. The molecule has 0 amide bonds. The average molecular weight is 237 g/mol. The summed E-state index contributed by atoms with van der Waals surface area (Å²) in [6.07, 6.45) is 0. The Balaban J connectivity index is 3.21. The summed E-state index contributed by atoms with van der Waals surface area (Å²) >= 11 is 8.85. The average Bonchev–Trinajstić information content (AvgIpc) is 1.97. The molecule has 1 aromatic heterocycles. The van der Waals surface area contributed by atoms with E-state index in [2.05, 4.69) is 20.9 Å². The number of rotatable bonds is 1. The van der Waals surface area contributed by atoms with Crippen LogP contribution < -0.4 is 5.48 Å². The third-order valence-electron chi connectivity index (χ3n) is 1.24. The molecule has 1 heterocycles. The molecule has 0 fully saturated rings. The maximum absolute atomic E-state index is 8.58. The predicted octanol–water partition coefficient (Wildman–Crippen LogP) is 2.61. The van der Waals surface area contributed by atoms with Gasteiger partial charge in [0, 0.05) is 0 Å². The van der Waals surface area contributed by atoms with Crippen molar-refractivity contribution < 1.29 is 5.21 Å². The van der Waals surface area contributed by atoms with Gasteiger partial charge in [-0.2, -0.15) is 0 Å². The number of nitrogens with one attached hydrogen (secondary N) is 1. The Bertz CT molecular complexity index is 280. The van der Waals surface area contributed by atoms with Crippen LogP contribution in [0.4, 0.5) is 5.69 Å². The highest BCUT2D eigenvalue weighted by Crippen LogP contribution is 2.25. The van der Waals surface area contributed by atoms with E-state index in [-0.39, 0.29) is 0 Å². The lowest BCUT2D eigenvalue weighted by Gasteiger charge is -2.03. The molecule has 11 heavy (non-hydrogen) atoms. The smallest absolute Gasteiger partial charge is 0.143 e. The standard InChI is InChI=1S/C6H6BrClN2O/c1-3-5(10-11)2-4(7)6(8)9-3/h2,10-11H,1H3. The highest BCUT2D eigenvalue weighted by Gasteiger charge is 2.03. The van der Waals surface area contributed by atoms with Crippen LogP contribution in [0.2, 0.25) is 5.15 Å². The Labute approximate surface area is 77.5 Å². The maximum atomic E-state index is 8.58. The molecule has 60 valence electrons. The Hall–Kier alpha value is -0.320. The number of halogens is 2. The van der Waals surface area contributed by atoms with Gasteiger partial charge in [-0.05, 0) is 28.9 Å². The summed E-state index contributed by atoms with van der Waals surface area (Å²) in [4.78, 5) is 3.94. The fourth-order valence-electron chi connectivity index (χ4n) is 0.665. The number of pyridine rings is 1. The first-order valence-electron chi connectivity index (χ1n) is 2.88. The summed E-state index contributed by atoms with van der Waals surface area (Å²) in [5.74, 6) is 0. The predicted molar refractivity (Wildman–Crippen MR) is 47.1 cm³/mol. The van der Waals surface area contributed by atoms with Gasteiger partial charge in [0.25, 0.3) is 0 Å². The third kappa shape index (κ3) is 1.83. The summed E-state index contributed by atoms with van der Waals surface area (Å²) in [6.45, 7) is 1.75. The van der Waals surface area contributed by atoms with Gasteiger partial charge in [-0.15, -0.1) is 0 Å². The minimum Gasteiger partial charge on any atom is -0.291 e. The molecule has 0 aliphatic heterocycles. The van der Waals surface area contributed by atoms with E-state index in [1.165, 1.54) is 0 Å². The van der Waals surface area contributed by atoms with Crippen molar-refractivity contribution in [2.45, 2.75) is 6.92 Å². The molecule has 2 N–H and O–H groups in total. The minimum atomic E-state index is 0.390. The van der Waals surface area contributed by atoms with E-state index >= 15 is 0 Å². The van der Waals surface area contributed by atoms with Gasteiger partial charge in [-0.3, -0.25) is 10.7 Å². The van der Waals surface area contributed by atoms with E-state index in [0.29, 0.717) is 21.0 Å². The molecule has 0 radical (unpaired) electrons. The second-order valence-electron chi connectivity index (χ2n) is 2.01. The summed E-state index contributed by atoms with van der Waals surface area (Å²) in [5.41, 5.74) is 3.21. The summed E-state index contributed by atoms with van der Waals surface area (Å²) < 4.78 is 0.654. The molecule has 3 nitrogen and oxygen atoms in total. The molecule has 0 aliphatic carbocycles. The Morgan fingerprint density at radius 3 is 2.91 bits per heavy atom. The van der Waals surface area contributed by atoms with E-state index in [0.717, 1.165) is 0 Å². The van der Waals surface area contributed by atoms with Crippen LogP contribution in [0, 0.1) is 6.92 Å². The number of aryl methyl sites for hydroxylation is 1. The van der Waals surface area contributed by atoms with Gasteiger partial charge >= 0.3 is 0 Å². The molecule has 0 aromatic carbocycles. The normalized spacial score (nSPS) is 9.82. The largest absolute Gasteiger partial charge is 0.291 e. The topological polar surface area (TPSA) is 45.2 Å². The zero-order valence-electron chi connectivity index (χ0n) is 5.73. The van der Waals surface area contributed by atoms with Gasteiger partial charge < -0.3 is 0 Å². The number of anilines is 1. The van der Waals surface area contributed by atoms with Crippen molar-refractivity contribution in [1.82, 2.24) is 4.98 Å². The molecule has 1 aromatic rings. The van der Waals surface area contributed by atoms with E-state index in [1.54, 1.807) is 13.0 Å². The van der Waals surface area contributed by atoms with Crippen molar-refractivity contribution >= 4 is 33.2 Å². The minimum absolute atomic E-state index is 0.390. The fraction of sp³-hybridized carbons (Fsp3) is 0.167. The van der Waals surface area contributed by atoms with Crippen LogP contribution in [0.5, 0.6) is 0 Å². The number of hydrogen-bond acceptors (Lipinski definition) is 3. The van der Waals surface area contributed by atoms with Crippen molar-refractivity contribution in [3.8, 4) is 0 Å². The van der Waals surface area contributed by atoms with Crippen molar-refractivity contribution in [2.75, 3.05) is 5.48 Å².